The van der Waals surface area contributed by atoms with Crippen molar-refractivity contribution in [1.82, 2.24) is 10.6 Å². The van der Waals surface area contributed by atoms with Crippen LogP contribution in [0, 0.1) is 5.92 Å². The Morgan fingerprint density at radius 1 is 0.923 bits per heavy atom. The van der Waals surface area contributed by atoms with E-state index in [1.807, 2.05) is 50.2 Å². The Balaban J connectivity index is 1.78. The van der Waals surface area contributed by atoms with Crippen LogP contribution in [-0.2, 0) is 11.2 Å². The van der Waals surface area contributed by atoms with Crippen LogP contribution in [0.3, 0.4) is 0 Å². The number of urea groups is 1. The van der Waals surface area contributed by atoms with Crippen molar-refractivity contribution >= 4 is 17.6 Å². The van der Waals surface area contributed by atoms with Gasteiger partial charge in [0.2, 0.25) is 5.91 Å². The fraction of sp³-hybridized carbons (Fsp3) is 0.333. The first-order valence-corrected chi connectivity index (χ1v) is 9.00. The van der Waals surface area contributed by atoms with Crippen LogP contribution in [0.4, 0.5) is 10.5 Å². The second-order valence-corrected chi connectivity index (χ2v) is 6.57. The van der Waals surface area contributed by atoms with Gasteiger partial charge in [0.25, 0.3) is 0 Å². The summed E-state index contributed by atoms with van der Waals surface area (Å²) in [4.78, 5) is 24.6. The second kappa shape index (κ2) is 10.2. The van der Waals surface area contributed by atoms with Gasteiger partial charge in [-0.05, 0) is 36.5 Å². The number of nitrogens with one attached hydrogen (secondary N) is 3. The summed E-state index contributed by atoms with van der Waals surface area (Å²) in [6.07, 6.45) is 1.77. The van der Waals surface area contributed by atoms with Crippen LogP contribution in [0.15, 0.2) is 60.7 Å². The first kappa shape index (κ1) is 19.5. The van der Waals surface area contributed by atoms with Crippen LogP contribution < -0.4 is 16.0 Å². The molecule has 0 saturated carbocycles. The highest BCUT2D eigenvalue weighted by Crippen LogP contribution is 2.07. The molecule has 0 aromatic heterocycles. The van der Waals surface area contributed by atoms with Crippen LogP contribution in [0.1, 0.15) is 25.8 Å². The van der Waals surface area contributed by atoms with E-state index in [1.165, 1.54) is 5.56 Å². The molecule has 0 radical (unpaired) electrons. The largest absolute Gasteiger partial charge is 0.354 e. The summed E-state index contributed by atoms with van der Waals surface area (Å²) >= 11 is 0. The van der Waals surface area contributed by atoms with Gasteiger partial charge in [0.15, 0.2) is 0 Å². The molecule has 0 fully saturated rings. The third kappa shape index (κ3) is 6.59. The highest BCUT2D eigenvalue weighted by Gasteiger charge is 2.23. The van der Waals surface area contributed by atoms with E-state index in [2.05, 4.69) is 28.1 Å². The Labute approximate surface area is 155 Å². The summed E-state index contributed by atoms with van der Waals surface area (Å²) in [7, 11) is 0. The molecule has 5 heteroatoms. The van der Waals surface area contributed by atoms with E-state index in [-0.39, 0.29) is 17.9 Å². The van der Waals surface area contributed by atoms with E-state index in [9.17, 15) is 9.59 Å². The van der Waals surface area contributed by atoms with E-state index in [0.717, 1.165) is 12.8 Å². The smallest absolute Gasteiger partial charge is 0.319 e. The average Bonchev–Trinajstić information content (AvgIpc) is 2.64. The average molecular weight is 353 g/mol. The first-order chi connectivity index (χ1) is 12.6. The highest BCUT2D eigenvalue weighted by atomic mass is 16.2. The zero-order chi connectivity index (χ0) is 18.8. The Morgan fingerprint density at radius 2 is 1.54 bits per heavy atom. The molecule has 2 rings (SSSR count). The molecule has 3 N–H and O–H groups in total. The number of rotatable bonds is 8. The van der Waals surface area contributed by atoms with E-state index >= 15 is 0 Å². The maximum atomic E-state index is 12.4. The lowest BCUT2D eigenvalue weighted by Gasteiger charge is -2.22. The second-order valence-electron chi connectivity index (χ2n) is 6.57. The molecule has 2 aromatic rings. The molecule has 0 saturated heterocycles. The number of benzene rings is 2. The van der Waals surface area contributed by atoms with Gasteiger partial charge in [-0.15, -0.1) is 0 Å². The molecule has 0 heterocycles. The van der Waals surface area contributed by atoms with Gasteiger partial charge in [-0.25, -0.2) is 4.79 Å². The number of amides is 3. The van der Waals surface area contributed by atoms with Gasteiger partial charge >= 0.3 is 6.03 Å². The number of aryl methyl sites for hydroxylation is 1. The lowest BCUT2D eigenvalue weighted by atomic mass is 10.0. The third-order valence-corrected chi connectivity index (χ3v) is 4.05. The summed E-state index contributed by atoms with van der Waals surface area (Å²) < 4.78 is 0. The lowest BCUT2D eigenvalue weighted by Crippen LogP contribution is -2.51. The van der Waals surface area contributed by atoms with Gasteiger partial charge in [-0.3, -0.25) is 4.79 Å². The van der Waals surface area contributed by atoms with Gasteiger partial charge in [0, 0.05) is 12.2 Å². The minimum Gasteiger partial charge on any atom is -0.354 e. The number of anilines is 1. The van der Waals surface area contributed by atoms with Crippen LogP contribution >= 0.6 is 0 Å². The van der Waals surface area contributed by atoms with Gasteiger partial charge in [-0.1, -0.05) is 62.4 Å². The summed E-state index contributed by atoms with van der Waals surface area (Å²) in [6, 6.07) is 18.4. The fourth-order valence-corrected chi connectivity index (χ4v) is 2.62. The van der Waals surface area contributed by atoms with Crippen molar-refractivity contribution < 1.29 is 9.59 Å². The molecule has 3 amide bonds. The molecule has 0 spiro atoms. The number of carbonyl (C=O) groups is 2. The quantitative estimate of drug-likeness (QED) is 0.635. The molecule has 2 aromatic carbocycles. The normalized spacial score (nSPS) is 11.7. The van der Waals surface area contributed by atoms with Gasteiger partial charge < -0.3 is 16.0 Å². The lowest BCUT2D eigenvalue weighted by molar-refractivity contribution is -0.123. The number of hydrogen-bond acceptors (Lipinski definition) is 2. The summed E-state index contributed by atoms with van der Waals surface area (Å²) in [5, 5.41) is 8.42. The van der Waals surface area contributed by atoms with Gasteiger partial charge in [0.05, 0.1) is 0 Å². The van der Waals surface area contributed by atoms with Crippen molar-refractivity contribution in [3.05, 3.63) is 66.2 Å². The van der Waals surface area contributed by atoms with Crippen molar-refractivity contribution in [3.8, 4) is 0 Å². The Hall–Kier alpha value is -2.82. The van der Waals surface area contributed by atoms with Crippen LogP contribution in [0.25, 0.3) is 0 Å². The molecule has 0 bridgehead atoms. The van der Waals surface area contributed by atoms with Crippen LogP contribution in [-0.4, -0.2) is 24.5 Å². The molecule has 0 aliphatic carbocycles. The molecule has 5 nitrogen and oxygen atoms in total. The first-order valence-electron chi connectivity index (χ1n) is 9.00. The van der Waals surface area contributed by atoms with Crippen molar-refractivity contribution in [2.24, 2.45) is 5.92 Å². The monoisotopic (exact) mass is 353 g/mol. The molecule has 26 heavy (non-hydrogen) atoms. The Bertz CT molecular complexity index is 687. The highest BCUT2D eigenvalue weighted by molar-refractivity contribution is 5.93. The molecule has 0 aliphatic rings. The fourth-order valence-electron chi connectivity index (χ4n) is 2.62. The molecular weight excluding hydrogens is 326 g/mol. The van der Waals surface area contributed by atoms with E-state index in [0.29, 0.717) is 12.2 Å². The minimum atomic E-state index is -0.574. The zero-order valence-electron chi connectivity index (χ0n) is 15.4. The summed E-state index contributed by atoms with van der Waals surface area (Å²) in [6.45, 7) is 4.41. The molecule has 138 valence electrons. The molecule has 1 atom stereocenters. The van der Waals surface area contributed by atoms with E-state index in [1.54, 1.807) is 12.1 Å². The summed E-state index contributed by atoms with van der Waals surface area (Å²) in [5.74, 6) is -0.165. The summed E-state index contributed by atoms with van der Waals surface area (Å²) in [5.41, 5.74) is 1.94. The SMILES string of the molecule is CC(C)C(NC(=O)Nc1ccccc1)C(=O)NCCCc1ccccc1. The van der Waals surface area contributed by atoms with Crippen molar-refractivity contribution in [3.63, 3.8) is 0 Å². The van der Waals surface area contributed by atoms with Crippen LogP contribution in [0.5, 0.6) is 0 Å². The Morgan fingerprint density at radius 3 is 2.15 bits per heavy atom. The standard InChI is InChI=1S/C21H27N3O2/c1-16(2)19(24-21(26)23-18-13-7-4-8-14-18)20(25)22-15-9-12-17-10-5-3-6-11-17/h3-8,10-11,13-14,16,19H,9,12,15H2,1-2H3,(H,22,25)(H2,23,24,26). The number of carbonyl (C=O) groups excluding carboxylic acids is 2. The Kier molecular flexibility index (Phi) is 7.68. The maximum Gasteiger partial charge on any atom is 0.319 e. The van der Waals surface area contributed by atoms with E-state index in [4.69, 9.17) is 0 Å². The predicted octanol–water partition coefficient (Wildman–Crippen LogP) is 3.58. The number of para-hydroxylation sites is 1. The number of hydrogen-bond donors (Lipinski definition) is 3. The zero-order valence-corrected chi connectivity index (χ0v) is 15.4. The topological polar surface area (TPSA) is 70.2 Å². The molecule has 0 aliphatic heterocycles. The van der Waals surface area contributed by atoms with Gasteiger partial charge in [-0.2, -0.15) is 0 Å². The maximum absolute atomic E-state index is 12.4. The van der Waals surface area contributed by atoms with Crippen molar-refractivity contribution in [2.75, 3.05) is 11.9 Å². The molecular formula is C21H27N3O2. The molecule has 1 unspecified atom stereocenters. The minimum absolute atomic E-state index is 0.00866. The van der Waals surface area contributed by atoms with Crippen LogP contribution in [0.2, 0.25) is 0 Å². The van der Waals surface area contributed by atoms with Crippen molar-refractivity contribution in [2.45, 2.75) is 32.7 Å². The predicted molar refractivity (Wildman–Crippen MR) is 105 cm³/mol. The van der Waals surface area contributed by atoms with E-state index < -0.39 is 6.04 Å². The van der Waals surface area contributed by atoms with Gasteiger partial charge in [0.1, 0.15) is 6.04 Å². The van der Waals surface area contributed by atoms with Crippen molar-refractivity contribution in [1.29, 1.82) is 0 Å². The third-order valence-electron chi connectivity index (χ3n) is 4.05.